The number of hydrogen-bond donors (Lipinski definition) is 1. The summed E-state index contributed by atoms with van der Waals surface area (Å²) >= 11 is 0. The number of rotatable bonds is 8. The van der Waals surface area contributed by atoms with E-state index in [9.17, 15) is 14.7 Å². The van der Waals surface area contributed by atoms with E-state index < -0.39 is 5.97 Å². The zero-order valence-electron chi connectivity index (χ0n) is 23.3. The van der Waals surface area contributed by atoms with E-state index in [4.69, 9.17) is 14.8 Å². The highest BCUT2D eigenvalue weighted by Gasteiger charge is 2.19. The molecule has 0 fully saturated rings. The topological polar surface area (TPSA) is 98.7 Å². The Bertz CT molecular complexity index is 1850. The number of carboxylic acids is 1. The van der Waals surface area contributed by atoms with Gasteiger partial charge in [0.15, 0.2) is 5.82 Å². The van der Waals surface area contributed by atoms with Crippen molar-refractivity contribution in [3.63, 3.8) is 0 Å². The van der Waals surface area contributed by atoms with Crippen LogP contribution in [-0.4, -0.2) is 38.1 Å². The van der Waals surface area contributed by atoms with Gasteiger partial charge in [-0.3, -0.25) is 9.59 Å². The molecule has 0 aliphatic rings. The number of para-hydroxylation sites is 2. The molecule has 8 nitrogen and oxygen atoms in total. The standard InChI is InChI=1S/C32H32N4O4/c1-6-40-29-15-20(4)25(16-24(29)19(2)3)31-34-27-13-9-7-12-23(27)32(39)36(31)33-17-26-21(5)35(18-30(37)38)28-14-10-8-11-22(26)28/h7-17,19H,6,18H2,1-5H3,(H,37,38). The van der Waals surface area contributed by atoms with Gasteiger partial charge in [-0.1, -0.05) is 44.2 Å². The molecule has 0 radical (unpaired) electrons. The Hall–Kier alpha value is -4.72. The van der Waals surface area contributed by atoms with Gasteiger partial charge in [0, 0.05) is 27.7 Å². The van der Waals surface area contributed by atoms with Crippen molar-refractivity contribution >= 4 is 34.0 Å². The van der Waals surface area contributed by atoms with Gasteiger partial charge in [0.05, 0.1) is 23.7 Å². The first-order chi connectivity index (χ1) is 19.2. The molecule has 0 unspecified atom stereocenters. The lowest BCUT2D eigenvalue weighted by atomic mass is 9.96. The minimum Gasteiger partial charge on any atom is -0.494 e. The molecule has 0 amide bonds. The molecule has 0 aliphatic heterocycles. The maximum atomic E-state index is 13.8. The fourth-order valence-electron chi connectivity index (χ4n) is 5.15. The van der Waals surface area contributed by atoms with Crippen LogP contribution in [0.25, 0.3) is 33.2 Å². The van der Waals surface area contributed by atoms with E-state index in [1.807, 2.05) is 75.4 Å². The Kier molecular flexibility index (Phi) is 7.26. The molecule has 2 heterocycles. The first-order valence-electron chi connectivity index (χ1n) is 13.3. The van der Waals surface area contributed by atoms with Crippen molar-refractivity contribution < 1.29 is 14.6 Å². The monoisotopic (exact) mass is 536 g/mol. The molecule has 3 aromatic carbocycles. The Morgan fingerprint density at radius 2 is 1.77 bits per heavy atom. The fourth-order valence-corrected chi connectivity index (χ4v) is 5.15. The second kappa shape index (κ2) is 10.8. The normalized spacial score (nSPS) is 11.8. The zero-order chi connectivity index (χ0) is 28.6. The average Bonchev–Trinajstić information content (AvgIpc) is 3.18. The molecule has 40 heavy (non-hydrogen) atoms. The Labute approximate surface area is 232 Å². The lowest BCUT2D eigenvalue weighted by Gasteiger charge is -2.18. The molecule has 2 aromatic heterocycles. The molecule has 0 atom stereocenters. The number of aryl methyl sites for hydroxylation is 1. The van der Waals surface area contributed by atoms with Crippen LogP contribution in [0.5, 0.6) is 5.75 Å². The second-order valence-corrected chi connectivity index (χ2v) is 10.1. The van der Waals surface area contributed by atoms with Gasteiger partial charge in [-0.15, -0.1) is 0 Å². The average molecular weight is 537 g/mol. The van der Waals surface area contributed by atoms with Crippen molar-refractivity contribution in [2.45, 2.75) is 47.1 Å². The van der Waals surface area contributed by atoms with E-state index in [-0.39, 0.29) is 18.0 Å². The largest absolute Gasteiger partial charge is 0.494 e. The summed E-state index contributed by atoms with van der Waals surface area (Å²) in [5.41, 5.74) is 5.30. The Morgan fingerprint density at radius 1 is 1.07 bits per heavy atom. The molecule has 0 aliphatic carbocycles. The van der Waals surface area contributed by atoms with Gasteiger partial charge < -0.3 is 14.4 Å². The third-order valence-corrected chi connectivity index (χ3v) is 7.15. The molecule has 0 spiro atoms. The number of aromatic nitrogens is 3. The summed E-state index contributed by atoms with van der Waals surface area (Å²) in [4.78, 5) is 30.3. The number of carboxylic acid groups (broad SMARTS) is 1. The first kappa shape index (κ1) is 26.9. The van der Waals surface area contributed by atoms with Crippen LogP contribution in [0, 0.1) is 13.8 Å². The number of carbonyl (C=O) groups is 1. The summed E-state index contributed by atoms with van der Waals surface area (Å²) in [5.74, 6) is 0.498. The van der Waals surface area contributed by atoms with Gasteiger partial charge in [-0.05, 0) is 68.1 Å². The molecule has 5 aromatic rings. The van der Waals surface area contributed by atoms with E-state index in [1.165, 1.54) is 4.68 Å². The number of benzene rings is 3. The smallest absolute Gasteiger partial charge is 0.323 e. The van der Waals surface area contributed by atoms with Crippen molar-refractivity contribution in [1.82, 2.24) is 14.2 Å². The van der Waals surface area contributed by atoms with Crippen molar-refractivity contribution in [2.75, 3.05) is 6.61 Å². The number of fused-ring (bicyclic) bond motifs is 2. The third-order valence-electron chi connectivity index (χ3n) is 7.15. The fraction of sp³-hybridized carbons (Fsp3) is 0.250. The molecule has 0 saturated carbocycles. The van der Waals surface area contributed by atoms with Crippen molar-refractivity contribution in [1.29, 1.82) is 0 Å². The van der Waals surface area contributed by atoms with Gasteiger partial charge in [0.25, 0.3) is 5.56 Å². The Morgan fingerprint density at radius 3 is 2.48 bits per heavy atom. The summed E-state index contributed by atoms with van der Waals surface area (Å²) in [6.45, 7) is 10.4. The van der Waals surface area contributed by atoms with E-state index >= 15 is 0 Å². The molecule has 1 N–H and O–H groups in total. The maximum Gasteiger partial charge on any atom is 0.323 e. The highest BCUT2D eigenvalue weighted by molar-refractivity contribution is 6.01. The number of ether oxygens (including phenoxy) is 1. The van der Waals surface area contributed by atoms with Crippen LogP contribution in [0.1, 0.15) is 49.1 Å². The highest BCUT2D eigenvalue weighted by atomic mass is 16.5. The van der Waals surface area contributed by atoms with Crippen molar-refractivity contribution in [3.8, 4) is 17.1 Å². The summed E-state index contributed by atoms with van der Waals surface area (Å²) < 4.78 is 9.01. The molecule has 204 valence electrons. The SMILES string of the molecule is CCOc1cc(C)c(-c2nc3ccccc3c(=O)n2N=Cc2c(C)n(CC(=O)O)c3ccccc23)cc1C(C)C. The Balaban J connectivity index is 1.77. The van der Waals surface area contributed by atoms with Crippen LogP contribution in [0.15, 0.2) is 70.6 Å². The van der Waals surface area contributed by atoms with Gasteiger partial charge in [0.1, 0.15) is 12.3 Å². The minimum atomic E-state index is -0.934. The van der Waals surface area contributed by atoms with E-state index in [0.29, 0.717) is 23.3 Å². The van der Waals surface area contributed by atoms with E-state index in [0.717, 1.165) is 44.6 Å². The molecular formula is C32H32N4O4. The molecular weight excluding hydrogens is 504 g/mol. The van der Waals surface area contributed by atoms with Gasteiger partial charge >= 0.3 is 5.97 Å². The lowest BCUT2D eigenvalue weighted by Crippen LogP contribution is -2.21. The van der Waals surface area contributed by atoms with Crippen LogP contribution < -0.4 is 10.3 Å². The van der Waals surface area contributed by atoms with Gasteiger partial charge in [-0.25, -0.2) is 4.98 Å². The number of aliphatic carboxylic acids is 1. The quantitative estimate of drug-likeness (QED) is 0.241. The number of hydrogen-bond acceptors (Lipinski definition) is 5. The first-order valence-corrected chi connectivity index (χ1v) is 13.3. The van der Waals surface area contributed by atoms with Crippen LogP contribution in [0.2, 0.25) is 0 Å². The molecule has 5 rings (SSSR count). The molecule has 8 heteroatoms. The second-order valence-electron chi connectivity index (χ2n) is 10.1. The predicted octanol–water partition coefficient (Wildman–Crippen LogP) is 6.12. The maximum absolute atomic E-state index is 13.8. The van der Waals surface area contributed by atoms with Crippen molar-refractivity contribution in [2.24, 2.45) is 5.10 Å². The van der Waals surface area contributed by atoms with Crippen LogP contribution in [-0.2, 0) is 11.3 Å². The van der Waals surface area contributed by atoms with Gasteiger partial charge in [0.2, 0.25) is 0 Å². The third kappa shape index (κ3) is 4.77. The molecule has 0 saturated heterocycles. The summed E-state index contributed by atoms with van der Waals surface area (Å²) in [7, 11) is 0. The summed E-state index contributed by atoms with van der Waals surface area (Å²) in [5, 5.41) is 15.5. The lowest BCUT2D eigenvalue weighted by molar-refractivity contribution is -0.137. The highest BCUT2D eigenvalue weighted by Crippen LogP contribution is 2.34. The summed E-state index contributed by atoms with van der Waals surface area (Å²) in [6.07, 6.45) is 1.63. The summed E-state index contributed by atoms with van der Waals surface area (Å²) in [6, 6.07) is 18.8. The van der Waals surface area contributed by atoms with Crippen molar-refractivity contribution in [3.05, 3.63) is 93.4 Å². The van der Waals surface area contributed by atoms with E-state index in [1.54, 1.807) is 16.8 Å². The van der Waals surface area contributed by atoms with Crippen LogP contribution >= 0.6 is 0 Å². The van der Waals surface area contributed by atoms with Crippen LogP contribution in [0.4, 0.5) is 0 Å². The van der Waals surface area contributed by atoms with Gasteiger partial charge in [-0.2, -0.15) is 9.78 Å². The van der Waals surface area contributed by atoms with E-state index in [2.05, 4.69) is 13.8 Å². The predicted molar refractivity (Wildman–Crippen MR) is 159 cm³/mol. The molecule has 0 bridgehead atoms. The number of nitrogens with zero attached hydrogens (tertiary/aromatic N) is 4. The van der Waals surface area contributed by atoms with Crippen LogP contribution in [0.3, 0.4) is 0 Å². The minimum absolute atomic E-state index is 0.174. The zero-order valence-corrected chi connectivity index (χ0v) is 23.3.